The third-order valence-electron chi connectivity index (χ3n) is 3.46. The zero-order valence-corrected chi connectivity index (χ0v) is 11.2. The third-order valence-corrected chi connectivity index (χ3v) is 3.46. The van der Waals surface area contributed by atoms with E-state index in [1.807, 2.05) is 29.7 Å². The summed E-state index contributed by atoms with van der Waals surface area (Å²) in [6, 6.07) is 9.18. The number of carbonyl (C=O) groups is 1. The van der Waals surface area contributed by atoms with E-state index in [1.54, 1.807) is 18.5 Å². The van der Waals surface area contributed by atoms with Gasteiger partial charge in [-0.1, -0.05) is 18.2 Å². The molecule has 1 heterocycles. The number of carbonyl (C=O) groups excluding carboxylic acids is 1. The van der Waals surface area contributed by atoms with Crippen molar-refractivity contribution in [2.24, 2.45) is 5.92 Å². The number of rotatable bonds is 5. The van der Waals surface area contributed by atoms with Crippen LogP contribution in [-0.4, -0.2) is 20.7 Å². The van der Waals surface area contributed by atoms with Crippen LogP contribution in [0, 0.1) is 5.92 Å². The first kappa shape index (κ1) is 12.7. The molecule has 0 spiro atoms. The number of nitrogens with one attached hydrogen (secondary N) is 1. The molecule has 0 saturated heterocycles. The highest BCUT2D eigenvalue weighted by Gasteiger charge is 2.47. The predicted molar refractivity (Wildman–Crippen MR) is 71.8 cm³/mol. The van der Waals surface area contributed by atoms with Crippen LogP contribution < -0.4 is 10.3 Å². The molecular formula is C14H16N4O2. The van der Waals surface area contributed by atoms with Crippen LogP contribution in [0.5, 0.6) is 5.75 Å². The van der Waals surface area contributed by atoms with E-state index in [-0.39, 0.29) is 17.7 Å². The molecule has 0 aliphatic heterocycles. The molecule has 2 aromatic rings. The smallest absolute Gasteiger partial charge is 0.256 e. The van der Waals surface area contributed by atoms with Crippen LogP contribution in [-0.2, 0) is 11.3 Å². The second kappa shape index (κ2) is 5.32. The summed E-state index contributed by atoms with van der Waals surface area (Å²) in [5.41, 5.74) is 2.49. The number of amides is 1. The quantitative estimate of drug-likeness (QED) is 0.838. The minimum atomic E-state index is -0.107. The molecule has 3 rings (SSSR count). The van der Waals surface area contributed by atoms with Gasteiger partial charge < -0.3 is 9.40 Å². The van der Waals surface area contributed by atoms with Gasteiger partial charge in [-0.05, 0) is 25.5 Å². The predicted octanol–water partition coefficient (Wildman–Crippen LogP) is 1.51. The maximum absolute atomic E-state index is 12.0. The van der Waals surface area contributed by atoms with Crippen molar-refractivity contribution in [3.05, 3.63) is 42.5 Å². The summed E-state index contributed by atoms with van der Waals surface area (Å²) in [5, 5.41) is 7.98. The molecule has 1 aliphatic carbocycles. The Morgan fingerprint density at radius 2 is 2.25 bits per heavy atom. The summed E-state index contributed by atoms with van der Waals surface area (Å²) in [6.07, 6.45) is 2.49. The zero-order valence-electron chi connectivity index (χ0n) is 11.2. The molecule has 6 nitrogen and oxygen atoms in total. The number of hydroxylamine groups is 1. The number of aryl methyl sites for hydroxylation is 1. The Morgan fingerprint density at radius 1 is 1.45 bits per heavy atom. The molecule has 1 aliphatic rings. The molecule has 104 valence electrons. The molecule has 0 bridgehead atoms. The first-order valence-corrected chi connectivity index (χ1v) is 6.69. The Balaban J connectivity index is 1.55. The van der Waals surface area contributed by atoms with Crippen molar-refractivity contribution >= 4 is 5.91 Å². The summed E-state index contributed by atoms with van der Waals surface area (Å²) in [7, 11) is 0. The van der Waals surface area contributed by atoms with Crippen molar-refractivity contribution < 1.29 is 9.63 Å². The molecular weight excluding hydrogens is 256 g/mol. The van der Waals surface area contributed by atoms with Gasteiger partial charge in [-0.3, -0.25) is 4.79 Å². The van der Waals surface area contributed by atoms with Gasteiger partial charge >= 0.3 is 0 Å². The molecule has 1 saturated carbocycles. The standard InChI is InChI=1S/C14H16N4O2/c1-2-18-9-15-16-13(18)11-8-12(11)14(19)17-20-10-6-4-3-5-7-10/h3-7,9,11-12H,2,8H2,1H3,(H,17,19). The number of aromatic nitrogens is 3. The number of para-hydroxylation sites is 1. The van der Waals surface area contributed by atoms with Crippen LogP contribution >= 0.6 is 0 Å². The Labute approximate surface area is 116 Å². The topological polar surface area (TPSA) is 69.0 Å². The number of nitrogens with zero attached hydrogens (tertiary/aromatic N) is 3. The molecule has 1 N–H and O–H groups in total. The number of benzene rings is 1. The first-order chi connectivity index (χ1) is 9.79. The molecule has 20 heavy (non-hydrogen) atoms. The highest BCUT2D eigenvalue weighted by atomic mass is 16.7. The van der Waals surface area contributed by atoms with Crippen LogP contribution in [0.2, 0.25) is 0 Å². The highest BCUT2D eigenvalue weighted by molar-refractivity contribution is 5.81. The van der Waals surface area contributed by atoms with Gasteiger partial charge in [0.15, 0.2) is 5.75 Å². The number of hydrogen-bond donors (Lipinski definition) is 1. The van der Waals surface area contributed by atoms with Gasteiger partial charge in [0.1, 0.15) is 12.2 Å². The molecule has 1 aromatic heterocycles. The summed E-state index contributed by atoms with van der Waals surface area (Å²) in [6.45, 7) is 2.84. The lowest BCUT2D eigenvalue weighted by atomic mass is 10.3. The van der Waals surface area contributed by atoms with Crippen LogP contribution in [0.4, 0.5) is 0 Å². The van der Waals surface area contributed by atoms with Crippen molar-refractivity contribution in [3.8, 4) is 5.75 Å². The molecule has 1 fully saturated rings. The molecule has 1 aromatic carbocycles. The minimum absolute atomic E-state index is 0.0757. The van der Waals surface area contributed by atoms with Crippen LogP contribution in [0.25, 0.3) is 0 Å². The van der Waals surface area contributed by atoms with Gasteiger partial charge in [0, 0.05) is 12.5 Å². The summed E-state index contributed by atoms with van der Waals surface area (Å²) in [5.74, 6) is 1.47. The fraction of sp³-hybridized carbons (Fsp3) is 0.357. The van der Waals surface area contributed by atoms with Crippen molar-refractivity contribution in [3.63, 3.8) is 0 Å². The van der Waals surface area contributed by atoms with E-state index in [9.17, 15) is 4.79 Å². The maximum Gasteiger partial charge on any atom is 0.256 e. The first-order valence-electron chi connectivity index (χ1n) is 6.69. The largest absolute Gasteiger partial charge is 0.380 e. The Bertz CT molecular complexity index is 596. The monoisotopic (exact) mass is 272 g/mol. The Kier molecular flexibility index (Phi) is 3.37. The van der Waals surface area contributed by atoms with Gasteiger partial charge in [-0.2, -0.15) is 5.48 Å². The molecule has 0 radical (unpaired) electrons. The lowest BCUT2D eigenvalue weighted by Crippen LogP contribution is -2.28. The van der Waals surface area contributed by atoms with Crippen LogP contribution in [0.1, 0.15) is 25.1 Å². The normalized spacial score (nSPS) is 20.4. The average Bonchev–Trinajstić information content (AvgIpc) is 3.15. The van der Waals surface area contributed by atoms with E-state index < -0.39 is 0 Å². The van der Waals surface area contributed by atoms with Crippen molar-refractivity contribution in [2.75, 3.05) is 0 Å². The lowest BCUT2D eigenvalue weighted by molar-refractivity contribution is -0.129. The van der Waals surface area contributed by atoms with Gasteiger partial charge in [0.25, 0.3) is 5.91 Å². The number of hydrogen-bond acceptors (Lipinski definition) is 4. The molecule has 2 atom stereocenters. The summed E-state index contributed by atoms with van der Waals surface area (Å²) >= 11 is 0. The fourth-order valence-corrected chi connectivity index (χ4v) is 2.24. The van der Waals surface area contributed by atoms with E-state index in [0.717, 1.165) is 18.8 Å². The van der Waals surface area contributed by atoms with Gasteiger partial charge in [-0.15, -0.1) is 10.2 Å². The van der Waals surface area contributed by atoms with E-state index in [1.165, 1.54) is 0 Å². The fourth-order valence-electron chi connectivity index (χ4n) is 2.24. The van der Waals surface area contributed by atoms with Gasteiger partial charge in [0.05, 0.1) is 5.92 Å². The molecule has 6 heteroatoms. The van der Waals surface area contributed by atoms with E-state index in [0.29, 0.717) is 5.75 Å². The van der Waals surface area contributed by atoms with Crippen LogP contribution in [0.3, 0.4) is 0 Å². The van der Waals surface area contributed by atoms with Gasteiger partial charge in [0.2, 0.25) is 0 Å². The van der Waals surface area contributed by atoms with E-state index in [2.05, 4.69) is 15.7 Å². The Morgan fingerprint density at radius 3 is 3.00 bits per heavy atom. The SMILES string of the molecule is CCn1cnnc1C1CC1C(=O)NOc1ccccc1. The third kappa shape index (κ3) is 2.49. The maximum atomic E-state index is 12.0. The van der Waals surface area contributed by atoms with Crippen molar-refractivity contribution in [2.45, 2.75) is 25.8 Å². The second-order valence-corrected chi connectivity index (χ2v) is 4.81. The zero-order chi connectivity index (χ0) is 13.9. The van der Waals surface area contributed by atoms with Crippen molar-refractivity contribution in [1.29, 1.82) is 0 Å². The molecule has 1 amide bonds. The lowest BCUT2D eigenvalue weighted by Gasteiger charge is -2.06. The van der Waals surface area contributed by atoms with Crippen molar-refractivity contribution in [1.82, 2.24) is 20.2 Å². The average molecular weight is 272 g/mol. The minimum Gasteiger partial charge on any atom is -0.380 e. The van der Waals surface area contributed by atoms with Crippen LogP contribution in [0.15, 0.2) is 36.7 Å². The Hall–Kier alpha value is -2.37. The summed E-state index contributed by atoms with van der Waals surface area (Å²) in [4.78, 5) is 17.2. The van der Waals surface area contributed by atoms with E-state index in [4.69, 9.17) is 4.84 Å². The van der Waals surface area contributed by atoms with Gasteiger partial charge in [-0.25, -0.2) is 0 Å². The summed E-state index contributed by atoms with van der Waals surface area (Å²) < 4.78 is 1.97. The van der Waals surface area contributed by atoms with E-state index >= 15 is 0 Å². The highest BCUT2D eigenvalue weighted by Crippen LogP contribution is 2.46. The second-order valence-electron chi connectivity index (χ2n) is 4.81. The molecule has 2 unspecified atom stereocenters.